The maximum absolute atomic E-state index is 13.1. The number of carbonyl (C=O) groups excluding carboxylic acids is 1. The third kappa shape index (κ3) is 4.66. The number of hydrogen-bond acceptors (Lipinski definition) is 5. The third-order valence-electron chi connectivity index (χ3n) is 5.02. The molecule has 1 atom stereocenters. The smallest absolute Gasteiger partial charge is 0.254 e. The Balaban J connectivity index is 1.54. The predicted molar refractivity (Wildman–Crippen MR) is 109 cm³/mol. The summed E-state index contributed by atoms with van der Waals surface area (Å²) in [7, 11) is 1.63. The Kier molecular flexibility index (Phi) is 5.91. The molecule has 1 aliphatic rings. The summed E-state index contributed by atoms with van der Waals surface area (Å²) < 4.78 is 16.6. The van der Waals surface area contributed by atoms with Gasteiger partial charge in [0.15, 0.2) is 5.76 Å². The first-order valence-electron chi connectivity index (χ1n) is 9.79. The van der Waals surface area contributed by atoms with Gasteiger partial charge < -0.3 is 18.9 Å². The van der Waals surface area contributed by atoms with Crippen molar-refractivity contribution in [3.05, 3.63) is 71.9 Å². The van der Waals surface area contributed by atoms with Crippen LogP contribution in [0.2, 0.25) is 0 Å². The number of nitrogens with zero attached hydrogens (tertiary/aromatic N) is 2. The zero-order valence-electron chi connectivity index (χ0n) is 16.4. The molecular weight excluding hydrogens is 368 g/mol. The number of ether oxygens (including phenoxy) is 2. The maximum Gasteiger partial charge on any atom is 0.254 e. The zero-order chi connectivity index (χ0) is 20.1. The van der Waals surface area contributed by atoms with Gasteiger partial charge in [-0.15, -0.1) is 0 Å². The van der Waals surface area contributed by atoms with Crippen LogP contribution in [0, 0.1) is 0 Å². The van der Waals surface area contributed by atoms with Crippen molar-refractivity contribution in [3.63, 3.8) is 0 Å². The van der Waals surface area contributed by atoms with E-state index in [9.17, 15) is 4.79 Å². The molecule has 0 spiro atoms. The molecule has 1 amide bonds. The summed E-state index contributed by atoms with van der Waals surface area (Å²) in [4.78, 5) is 14.9. The van der Waals surface area contributed by atoms with Gasteiger partial charge in [0.25, 0.3) is 5.91 Å². The molecule has 1 saturated heterocycles. The molecule has 0 saturated carbocycles. The predicted octanol–water partition coefficient (Wildman–Crippen LogP) is 4.17. The molecular formula is C23H24N2O4. The molecule has 1 fully saturated rings. The second kappa shape index (κ2) is 8.92. The van der Waals surface area contributed by atoms with Gasteiger partial charge in [0.1, 0.15) is 11.4 Å². The number of benzene rings is 2. The molecule has 2 aromatic carbocycles. The van der Waals surface area contributed by atoms with Gasteiger partial charge in [-0.2, -0.15) is 0 Å². The fourth-order valence-corrected chi connectivity index (χ4v) is 3.51. The Morgan fingerprint density at radius 1 is 1.17 bits per heavy atom. The Labute approximate surface area is 170 Å². The molecule has 0 radical (unpaired) electrons. The summed E-state index contributed by atoms with van der Waals surface area (Å²) in [5, 5.41) is 4.19. The van der Waals surface area contributed by atoms with Crippen LogP contribution < -0.4 is 4.74 Å². The van der Waals surface area contributed by atoms with E-state index in [0.29, 0.717) is 30.1 Å². The Morgan fingerprint density at radius 3 is 2.79 bits per heavy atom. The van der Waals surface area contributed by atoms with Gasteiger partial charge in [0, 0.05) is 30.3 Å². The molecule has 150 valence electrons. The van der Waals surface area contributed by atoms with Gasteiger partial charge in [0.2, 0.25) is 0 Å². The third-order valence-corrected chi connectivity index (χ3v) is 5.02. The van der Waals surface area contributed by atoms with Crippen LogP contribution in [0.4, 0.5) is 0 Å². The minimum Gasteiger partial charge on any atom is -0.497 e. The molecule has 29 heavy (non-hydrogen) atoms. The van der Waals surface area contributed by atoms with Crippen LogP contribution in [-0.2, 0) is 11.3 Å². The maximum atomic E-state index is 13.1. The van der Waals surface area contributed by atoms with E-state index in [-0.39, 0.29) is 12.0 Å². The minimum absolute atomic E-state index is 0.0352. The van der Waals surface area contributed by atoms with E-state index >= 15 is 0 Å². The Bertz CT molecular complexity index is 948. The average molecular weight is 392 g/mol. The summed E-state index contributed by atoms with van der Waals surface area (Å²) >= 11 is 0. The second-order valence-corrected chi connectivity index (χ2v) is 7.10. The highest BCUT2D eigenvalue weighted by molar-refractivity contribution is 5.94. The van der Waals surface area contributed by atoms with Crippen molar-refractivity contribution in [2.24, 2.45) is 0 Å². The molecule has 6 nitrogen and oxygen atoms in total. The normalized spacial score (nSPS) is 16.0. The molecule has 6 heteroatoms. The highest BCUT2D eigenvalue weighted by Gasteiger charge is 2.24. The molecule has 0 bridgehead atoms. The van der Waals surface area contributed by atoms with Crippen molar-refractivity contribution in [1.82, 2.24) is 10.1 Å². The quantitative estimate of drug-likeness (QED) is 0.604. The number of rotatable bonds is 7. The number of methoxy groups -OCH3 is 1. The van der Waals surface area contributed by atoms with Crippen LogP contribution in [0.3, 0.4) is 0 Å². The summed E-state index contributed by atoms with van der Waals surface area (Å²) in [6.07, 6.45) is 2.06. The minimum atomic E-state index is -0.0352. The molecule has 1 unspecified atom stereocenters. The van der Waals surface area contributed by atoms with Gasteiger partial charge in [-0.25, -0.2) is 0 Å². The van der Waals surface area contributed by atoms with E-state index < -0.39 is 0 Å². The fraction of sp³-hybridized carbons (Fsp3) is 0.304. The summed E-state index contributed by atoms with van der Waals surface area (Å²) in [6, 6.07) is 18.8. The van der Waals surface area contributed by atoms with Crippen LogP contribution in [0.15, 0.2) is 65.2 Å². The Morgan fingerprint density at radius 2 is 2.03 bits per heavy atom. The van der Waals surface area contributed by atoms with E-state index in [1.165, 1.54) is 0 Å². The van der Waals surface area contributed by atoms with Crippen LogP contribution in [0.25, 0.3) is 11.3 Å². The lowest BCUT2D eigenvalue weighted by molar-refractivity contribution is 0.0502. The molecule has 1 aliphatic heterocycles. The fourth-order valence-electron chi connectivity index (χ4n) is 3.51. The molecule has 4 rings (SSSR count). The van der Waals surface area contributed by atoms with Crippen LogP contribution in [-0.4, -0.2) is 42.3 Å². The SMILES string of the molecule is COc1cccc(-c2cc(CN(CC3CCCO3)C(=O)c3ccccc3)no2)c1. The lowest BCUT2D eigenvalue weighted by atomic mass is 10.1. The van der Waals surface area contributed by atoms with E-state index in [1.54, 1.807) is 12.0 Å². The molecule has 3 aromatic rings. The van der Waals surface area contributed by atoms with Crippen LogP contribution >= 0.6 is 0 Å². The number of amides is 1. The first-order chi connectivity index (χ1) is 14.2. The van der Waals surface area contributed by atoms with Crippen molar-refractivity contribution in [1.29, 1.82) is 0 Å². The molecule has 1 aromatic heterocycles. The molecule has 0 N–H and O–H groups in total. The number of hydrogen-bond donors (Lipinski definition) is 0. The first-order valence-corrected chi connectivity index (χ1v) is 9.79. The highest BCUT2D eigenvalue weighted by atomic mass is 16.5. The first kappa shape index (κ1) is 19.2. The van der Waals surface area contributed by atoms with Crippen LogP contribution in [0.1, 0.15) is 28.9 Å². The van der Waals surface area contributed by atoms with Gasteiger partial charge in [-0.1, -0.05) is 35.5 Å². The van der Waals surface area contributed by atoms with Gasteiger partial charge in [0.05, 0.1) is 19.8 Å². The van der Waals surface area contributed by atoms with Gasteiger partial charge >= 0.3 is 0 Å². The average Bonchev–Trinajstić information content (AvgIpc) is 3.46. The lowest BCUT2D eigenvalue weighted by Gasteiger charge is -2.24. The van der Waals surface area contributed by atoms with Gasteiger partial charge in [-0.3, -0.25) is 4.79 Å². The highest BCUT2D eigenvalue weighted by Crippen LogP contribution is 2.25. The molecule has 2 heterocycles. The second-order valence-electron chi connectivity index (χ2n) is 7.10. The standard InChI is InChI=1S/C23H24N2O4/c1-27-20-10-5-9-18(13-20)22-14-19(24-29-22)15-25(16-21-11-6-12-28-21)23(26)17-7-3-2-4-8-17/h2-5,7-10,13-14,21H,6,11-12,15-16H2,1H3. The van der Waals surface area contributed by atoms with Gasteiger partial charge in [-0.05, 0) is 37.1 Å². The zero-order valence-corrected chi connectivity index (χ0v) is 16.4. The van der Waals surface area contributed by atoms with Crippen molar-refractivity contribution in [3.8, 4) is 17.1 Å². The van der Waals surface area contributed by atoms with E-state index in [4.69, 9.17) is 14.0 Å². The summed E-state index contributed by atoms with van der Waals surface area (Å²) in [6.45, 7) is 1.65. The number of carbonyl (C=O) groups is 1. The Hall–Kier alpha value is -3.12. The van der Waals surface area contributed by atoms with E-state index in [2.05, 4.69) is 5.16 Å². The molecule has 0 aliphatic carbocycles. The largest absolute Gasteiger partial charge is 0.497 e. The van der Waals surface area contributed by atoms with Crippen molar-refractivity contribution < 1.29 is 18.8 Å². The lowest BCUT2D eigenvalue weighted by Crippen LogP contribution is -2.37. The number of aromatic nitrogens is 1. The van der Waals surface area contributed by atoms with E-state index in [1.807, 2.05) is 60.7 Å². The van der Waals surface area contributed by atoms with E-state index in [0.717, 1.165) is 30.8 Å². The monoisotopic (exact) mass is 392 g/mol. The summed E-state index contributed by atoms with van der Waals surface area (Å²) in [5.74, 6) is 1.36. The summed E-state index contributed by atoms with van der Waals surface area (Å²) in [5.41, 5.74) is 2.23. The van der Waals surface area contributed by atoms with Crippen molar-refractivity contribution >= 4 is 5.91 Å². The van der Waals surface area contributed by atoms with Crippen molar-refractivity contribution in [2.75, 3.05) is 20.3 Å². The topological polar surface area (TPSA) is 64.8 Å². The van der Waals surface area contributed by atoms with Crippen molar-refractivity contribution in [2.45, 2.75) is 25.5 Å². The van der Waals surface area contributed by atoms with Crippen LogP contribution in [0.5, 0.6) is 5.75 Å².